The number of likely N-dealkylation sites (tertiary alicyclic amines) is 1. The van der Waals surface area contributed by atoms with Crippen molar-refractivity contribution in [3.8, 4) is 17.2 Å². The van der Waals surface area contributed by atoms with Crippen LogP contribution in [0.3, 0.4) is 0 Å². The monoisotopic (exact) mass is 459 g/mol. The van der Waals surface area contributed by atoms with Crippen molar-refractivity contribution in [2.75, 3.05) is 47.2 Å². The number of piperidine rings is 1. The highest BCUT2D eigenvalue weighted by atomic mass is 32.2. The van der Waals surface area contributed by atoms with Crippen LogP contribution < -0.4 is 19.5 Å². The van der Waals surface area contributed by atoms with Gasteiger partial charge >= 0.3 is 0 Å². The summed E-state index contributed by atoms with van der Waals surface area (Å²) in [5.41, 5.74) is 1.03. The summed E-state index contributed by atoms with van der Waals surface area (Å²) in [4.78, 5) is 31.8. The van der Waals surface area contributed by atoms with Crippen molar-refractivity contribution in [2.24, 2.45) is 5.92 Å². The Balaban J connectivity index is 1.57. The van der Waals surface area contributed by atoms with E-state index >= 15 is 0 Å². The highest BCUT2D eigenvalue weighted by Gasteiger charge is 2.26. The van der Waals surface area contributed by atoms with Gasteiger partial charge < -0.3 is 24.4 Å². The zero-order chi connectivity index (χ0) is 23.1. The Labute approximate surface area is 192 Å². The van der Waals surface area contributed by atoms with Gasteiger partial charge in [-0.25, -0.2) is 4.98 Å². The number of amides is 2. The van der Waals surface area contributed by atoms with Gasteiger partial charge in [0, 0.05) is 25.8 Å². The predicted molar refractivity (Wildman–Crippen MR) is 123 cm³/mol. The predicted octanol–water partition coefficient (Wildman–Crippen LogP) is 3.11. The Kier molecular flexibility index (Phi) is 8.21. The standard InChI is InChI=1S/C23H29N3O5S/c1-29-18-8-7-16(19(30-2)20(18)31-3)21(27)25-14-15-9-12-26(13-10-15)23(28)17-6-5-11-24-22(17)32-4/h5-8,11,15H,9-10,12-14H2,1-4H3,(H,25,27). The molecule has 9 heteroatoms. The van der Waals surface area contributed by atoms with Crippen molar-refractivity contribution >= 4 is 23.6 Å². The first-order chi connectivity index (χ1) is 15.5. The zero-order valence-electron chi connectivity index (χ0n) is 18.8. The quantitative estimate of drug-likeness (QED) is 0.607. The van der Waals surface area contributed by atoms with E-state index in [9.17, 15) is 9.59 Å². The van der Waals surface area contributed by atoms with Crippen LogP contribution in [0.25, 0.3) is 0 Å². The third kappa shape index (κ3) is 5.09. The van der Waals surface area contributed by atoms with Crippen LogP contribution >= 0.6 is 11.8 Å². The number of carbonyl (C=O) groups is 2. The number of rotatable bonds is 8. The molecule has 0 unspecified atom stereocenters. The van der Waals surface area contributed by atoms with E-state index in [-0.39, 0.29) is 11.8 Å². The fraction of sp³-hybridized carbons (Fsp3) is 0.435. The molecule has 2 amide bonds. The second-order valence-corrected chi connectivity index (χ2v) is 8.18. The van der Waals surface area contributed by atoms with Crippen LogP contribution in [0.15, 0.2) is 35.5 Å². The summed E-state index contributed by atoms with van der Waals surface area (Å²) >= 11 is 1.47. The molecule has 0 atom stereocenters. The van der Waals surface area contributed by atoms with E-state index in [4.69, 9.17) is 14.2 Å². The average molecular weight is 460 g/mol. The van der Waals surface area contributed by atoms with E-state index in [1.165, 1.54) is 33.1 Å². The molecule has 1 N–H and O–H groups in total. The third-order valence-electron chi connectivity index (χ3n) is 5.60. The molecule has 1 fully saturated rings. The van der Waals surface area contributed by atoms with Crippen molar-refractivity contribution in [1.82, 2.24) is 15.2 Å². The van der Waals surface area contributed by atoms with Gasteiger partial charge in [-0.3, -0.25) is 9.59 Å². The number of aromatic nitrogens is 1. The van der Waals surface area contributed by atoms with Crippen LogP contribution in [0.5, 0.6) is 17.2 Å². The summed E-state index contributed by atoms with van der Waals surface area (Å²) in [6, 6.07) is 6.96. The minimum Gasteiger partial charge on any atom is -0.493 e. The smallest absolute Gasteiger partial charge is 0.256 e. The number of hydrogen-bond donors (Lipinski definition) is 1. The van der Waals surface area contributed by atoms with Crippen LogP contribution in [0, 0.1) is 5.92 Å². The van der Waals surface area contributed by atoms with Gasteiger partial charge in [0.25, 0.3) is 11.8 Å². The molecule has 1 aliphatic heterocycles. The number of hydrogen-bond acceptors (Lipinski definition) is 7. The van der Waals surface area contributed by atoms with Gasteiger partial charge in [-0.2, -0.15) is 0 Å². The zero-order valence-corrected chi connectivity index (χ0v) is 19.7. The van der Waals surface area contributed by atoms with Gasteiger partial charge in [-0.15, -0.1) is 11.8 Å². The Hall–Kier alpha value is -2.94. The molecule has 1 saturated heterocycles. The van der Waals surface area contributed by atoms with Crippen LogP contribution in [-0.4, -0.2) is 68.9 Å². The highest BCUT2D eigenvalue weighted by molar-refractivity contribution is 7.98. The Morgan fingerprint density at radius 1 is 1.06 bits per heavy atom. The third-order valence-corrected chi connectivity index (χ3v) is 6.31. The second kappa shape index (κ2) is 11.1. The van der Waals surface area contributed by atoms with Crippen LogP contribution in [0.4, 0.5) is 0 Å². The number of nitrogens with zero attached hydrogens (tertiary/aromatic N) is 2. The minimum absolute atomic E-state index is 0.0139. The largest absolute Gasteiger partial charge is 0.493 e. The van der Waals surface area contributed by atoms with E-state index in [1.54, 1.807) is 24.4 Å². The summed E-state index contributed by atoms with van der Waals surface area (Å²) in [5.74, 6) is 1.29. The first-order valence-electron chi connectivity index (χ1n) is 10.4. The fourth-order valence-corrected chi connectivity index (χ4v) is 4.38. The molecular formula is C23H29N3O5S. The van der Waals surface area contributed by atoms with Crippen LogP contribution in [0.1, 0.15) is 33.6 Å². The van der Waals surface area contributed by atoms with Gasteiger partial charge in [0.05, 0.1) is 32.5 Å². The van der Waals surface area contributed by atoms with E-state index in [1.807, 2.05) is 17.2 Å². The minimum atomic E-state index is -0.235. The van der Waals surface area contributed by atoms with Gasteiger partial charge in [0.15, 0.2) is 11.5 Å². The van der Waals surface area contributed by atoms with Crippen molar-refractivity contribution in [1.29, 1.82) is 0 Å². The summed E-state index contributed by atoms with van der Waals surface area (Å²) in [7, 11) is 4.53. The molecule has 1 aromatic heterocycles. The summed E-state index contributed by atoms with van der Waals surface area (Å²) in [5, 5.41) is 3.74. The maximum atomic E-state index is 12.9. The Morgan fingerprint density at radius 3 is 2.41 bits per heavy atom. The van der Waals surface area contributed by atoms with E-state index < -0.39 is 0 Å². The number of nitrogens with one attached hydrogen (secondary N) is 1. The number of pyridine rings is 1. The lowest BCUT2D eigenvalue weighted by atomic mass is 9.96. The van der Waals surface area contributed by atoms with E-state index in [0.29, 0.717) is 53.9 Å². The molecular weight excluding hydrogens is 430 g/mol. The maximum absolute atomic E-state index is 12.9. The molecule has 2 aromatic rings. The maximum Gasteiger partial charge on any atom is 0.256 e. The number of thioether (sulfide) groups is 1. The normalized spacial score (nSPS) is 14.1. The van der Waals surface area contributed by atoms with E-state index in [2.05, 4.69) is 10.3 Å². The van der Waals surface area contributed by atoms with Gasteiger partial charge in [0.2, 0.25) is 5.75 Å². The molecule has 8 nitrogen and oxygen atoms in total. The van der Waals surface area contributed by atoms with Crippen molar-refractivity contribution in [3.63, 3.8) is 0 Å². The lowest BCUT2D eigenvalue weighted by molar-refractivity contribution is 0.0680. The van der Waals surface area contributed by atoms with Crippen LogP contribution in [-0.2, 0) is 0 Å². The molecule has 0 spiro atoms. The Morgan fingerprint density at radius 2 is 1.78 bits per heavy atom. The van der Waals surface area contributed by atoms with Gasteiger partial charge in [-0.1, -0.05) is 0 Å². The molecule has 0 saturated carbocycles. The lowest BCUT2D eigenvalue weighted by Gasteiger charge is -2.32. The average Bonchev–Trinajstić information content (AvgIpc) is 2.85. The lowest BCUT2D eigenvalue weighted by Crippen LogP contribution is -2.41. The molecule has 32 heavy (non-hydrogen) atoms. The SMILES string of the molecule is COc1ccc(C(=O)NCC2CCN(C(=O)c3cccnc3SC)CC2)c(OC)c1OC. The number of benzene rings is 1. The molecule has 0 radical (unpaired) electrons. The molecule has 1 aromatic carbocycles. The molecule has 0 aliphatic carbocycles. The first kappa shape index (κ1) is 23.7. The molecule has 2 heterocycles. The number of methoxy groups -OCH3 is 3. The summed E-state index contributed by atoms with van der Waals surface area (Å²) in [6.07, 6.45) is 5.26. The van der Waals surface area contributed by atoms with Crippen molar-refractivity contribution in [3.05, 3.63) is 41.6 Å². The Bertz CT molecular complexity index is 961. The highest BCUT2D eigenvalue weighted by Crippen LogP contribution is 2.39. The van der Waals surface area contributed by atoms with E-state index in [0.717, 1.165) is 17.9 Å². The summed E-state index contributed by atoms with van der Waals surface area (Å²) in [6.45, 7) is 1.84. The first-order valence-corrected chi connectivity index (χ1v) is 11.6. The van der Waals surface area contributed by atoms with Gasteiger partial charge in [-0.05, 0) is 49.3 Å². The second-order valence-electron chi connectivity index (χ2n) is 7.39. The molecule has 3 rings (SSSR count). The molecule has 172 valence electrons. The van der Waals surface area contributed by atoms with Crippen molar-refractivity contribution in [2.45, 2.75) is 17.9 Å². The number of carbonyl (C=O) groups excluding carboxylic acids is 2. The van der Waals surface area contributed by atoms with Crippen LogP contribution in [0.2, 0.25) is 0 Å². The number of ether oxygens (including phenoxy) is 3. The summed E-state index contributed by atoms with van der Waals surface area (Å²) < 4.78 is 16.0. The molecule has 0 bridgehead atoms. The van der Waals surface area contributed by atoms with Crippen molar-refractivity contribution < 1.29 is 23.8 Å². The molecule has 1 aliphatic rings. The van der Waals surface area contributed by atoms with Gasteiger partial charge in [0.1, 0.15) is 5.03 Å². The topological polar surface area (TPSA) is 90.0 Å². The fourth-order valence-electron chi connectivity index (χ4n) is 3.84.